The zero-order valence-electron chi connectivity index (χ0n) is 13.2. The van der Waals surface area contributed by atoms with E-state index < -0.39 is 5.97 Å². The highest BCUT2D eigenvalue weighted by Crippen LogP contribution is 2.14. The van der Waals surface area contributed by atoms with Gasteiger partial charge >= 0.3 is 5.97 Å². The van der Waals surface area contributed by atoms with Gasteiger partial charge in [0.25, 0.3) is 0 Å². The van der Waals surface area contributed by atoms with E-state index in [0.717, 1.165) is 25.1 Å². The molecule has 0 radical (unpaired) electrons. The van der Waals surface area contributed by atoms with Crippen LogP contribution in [0.25, 0.3) is 0 Å². The number of aliphatic carboxylic acids is 1. The minimum atomic E-state index is -0.772. The number of benzene rings is 2. The van der Waals surface area contributed by atoms with E-state index in [-0.39, 0.29) is 6.42 Å². The monoisotopic (exact) mass is 313 g/mol. The van der Waals surface area contributed by atoms with Gasteiger partial charge < -0.3 is 15.2 Å². The summed E-state index contributed by atoms with van der Waals surface area (Å²) in [7, 11) is 0. The van der Waals surface area contributed by atoms with Crippen molar-refractivity contribution in [1.29, 1.82) is 0 Å². The van der Waals surface area contributed by atoms with E-state index in [0.29, 0.717) is 13.2 Å². The molecule has 0 aliphatic heterocycles. The molecule has 0 aliphatic carbocycles. The molecule has 0 amide bonds. The summed E-state index contributed by atoms with van der Waals surface area (Å²) in [6.07, 6.45) is 1.90. The van der Waals surface area contributed by atoms with Crippen LogP contribution >= 0.6 is 0 Å². The number of carboxylic acid groups (broad SMARTS) is 1. The van der Waals surface area contributed by atoms with Crippen LogP contribution in [0.2, 0.25) is 0 Å². The second kappa shape index (κ2) is 9.64. The van der Waals surface area contributed by atoms with Gasteiger partial charge in [-0.25, -0.2) is 0 Å². The van der Waals surface area contributed by atoms with Gasteiger partial charge in [-0.05, 0) is 36.2 Å². The molecule has 0 saturated carbocycles. The lowest BCUT2D eigenvalue weighted by Crippen LogP contribution is -2.20. The van der Waals surface area contributed by atoms with Gasteiger partial charge in [0.15, 0.2) is 0 Å². The number of hydrogen-bond donors (Lipinski definition) is 2. The zero-order chi connectivity index (χ0) is 16.3. The summed E-state index contributed by atoms with van der Waals surface area (Å²) in [4.78, 5) is 10.4. The fourth-order valence-corrected chi connectivity index (χ4v) is 2.28. The predicted octanol–water partition coefficient (Wildman–Crippen LogP) is 2.91. The summed E-state index contributed by atoms with van der Waals surface area (Å²) >= 11 is 0. The Balaban J connectivity index is 1.70. The Kier molecular flexibility index (Phi) is 7.14. The lowest BCUT2D eigenvalue weighted by atomic mass is 10.1. The van der Waals surface area contributed by atoms with Gasteiger partial charge in [0.2, 0.25) is 0 Å². The largest absolute Gasteiger partial charge is 0.493 e. The molecule has 0 saturated heterocycles. The number of rotatable bonds is 10. The SMILES string of the molecule is O=C(O)CCNCCc1cccc(OCCc2ccccc2)c1. The number of nitrogens with one attached hydrogen (secondary N) is 1. The molecule has 0 bridgehead atoms. The first kappa shape index (κ1) is 17.0. The number of carbonyl (C=O) groups is 1. The third-order valence-electron chi connectivity index (χ3n) is 3.51. The molecule has 2 aromatic carbocycles. The molecule has 4 heteroatoms. The average molecular weight is 313 g/mol. The van der Waals surface area contributed by atoms with Crippen molar-refractivity contribution < 1.29 is 14.6 Å². The average Bonchev–Trinajstić information content (AvgIpc) is 2.56. The van der Waals surface area contributed by atoms with E-state index in [4.69, 9.17) is 9.84 Å². The lowest BCUT2D eigenvalue weighted by molar-refractivity contribution is -0.136. The van der Waals surface area contributed by atoms with Gasteiger partial charge in [-0.3, -0.25) is 4.79 Å². The van der Waals surface area contributed by atoms with E-state index in [1.165, 1.54) is 11.1 Å². The quantitative estimate of drug-likeness (QED) is 0.662. The van der Waals surface area contributed by atoms with E-state index in [1.807, 2.05) is 36.4 Å². The fourth-order valence-electron chi connectivity index (χ4n) is 2.28. The second-order valence-electron chi connectivity index (χ2n) is 5.38. The minimum Gasteiger partial charge on any atom is -0.493 e. The molecule has 0 atom stereocenters. The highest BCUT2D eigenvalue weighted by Gasteiger charge is 1.99. The minimum absolute atomic E-state index is 0.155. The van der Waals surface area contributed by atoms with Crippen molar-refractivity contribution in [2.24, 2.45) is 0 Å². The van der Waals surface area contributed by atoms with Gasteiger partial charge in [0, 0.05) is 13.0 Å². The van der Waals surface area contributed by atoms with Crippen LogP contribution in [0.1, 0.15) is 17.5 Å². The molecule has 0 aliphatic rings. The standard InChI is InChI=1S/C19H23NO3/c21-19(22)10-13-20-12-9-17-7-4-8-18(15-17)23-14-11-16-5-2-1-3-6-16/h1-8,15,20H,9-14H2,(H,21,22). The van der Waals surface area contributed by atoms with Crippen LogP contribution in [0.4, 0.5) is 0 Å². The Morgan fingerprint density at radius 2 is 1.74 bits per heavy atom. The lowest BCUT2D eigenvalue weighted by Gasteiger charge is -2.09. The Morgan fingerprint density at radius 1 is 0.957 bits per heavy atom. The predicted molar refractivity (Wildman–Crippen MR) is 90.9 cm³/mol. The molecule has 2 N–H and O–H groups in total. The first-order chi connectivity index (χ1) is 11.2. The van der Waals surface area contributed by atoms with E-state index in [9.17, 15) is 4.79 Å². The van der Waals surface area contributed by atoms with Crippen molar-refractivity contribution in [2.45, 2.75) is 19.3 Å². The third kappa shape index (κ3) is 6.98. The smallest absolute Gasteiger partial charge is 0.304 e. The maximum Gasteiger partial charge on any atom is 0.304 e. The second-order valence-corrected chi connectivity index (χ2v) is 5.38. The summed E-state index contributed by atoms with van der Waals surface area (Å²) < 4.78 is 5.81. The Morgan fingerprint density at radius 3 is 2.52 bits per heavy atom. The van der Waals surface area contributed by atoms with Crippen molar-refractivity contribution in [1.82, 2.24) is 5.32 Å². The maximum atomic E-state index is 10.4. The third-order valence-corrected chi connectivity index (χ3v) is 3.51. The van der Waals surface area contributed by atoms with Crippen LogP contribution in [-0.4, -0.2) is 30.8 Å². The van der Waals surface area contributed by atoms with Gasteiger partial charge in [-0.15, -0.1) is 0 Å². The zero-order valence-corrected chi connectivity index (χ0v) is 13.2. The number of carboxylic acids is 1. The molecular weight excluding hydrogens is 290 g/mol. The molecule has 122 valence electrons. The van der Waals surface area contributed by atoms with Gasteiger partial charge in [0.05, 0.1) is 13.0 Å². The summed E-state index contributed by atoms with van der Waals surface area (Å²) in [5, 5.41) is 11.7. The fraction of sp³-hybridized carbons (Fsp3) is 0.316. The Hall–Kier alpha value is -2.33. The van der Waals surface area contributed by atoms with E-state index >= 15 is 0 Å². The summed E-state index contributed by atoms with van der Waals surface area (Å²) in [6, 6.07) is 18.3. The van der Waals surface area contributed by atoms with Crippen LogP contribution in [0.3, 0.4) is 0 Å². The number of hydrogen-bond acceptors (Lipinski definition) is 3. The summed E-state index contributed by atoms with van der Waals surface area (Å²) in [6.45, 7) is 1.92. The molecule has 2 aromatic rings. The summed E-state index contributed by atoms with van der Waals surface area (Å²) in [5.74, 6) is 0.107. The molecule has 0 spiro atoms. The van der Waals surface area contributed by atoms with Gasteiger partial charge in [0.1, 0.15) is 5.75 Å². The normalized spacial score (nSPS) is 10.4. The number of ether oxygens (including phenoxy) is 1. The Labute approximate surface area is 137 Å². The molecule has 0 fully saturated rings. The van der Waals surface area contributed by atoms with Crippen molar-refractivity contribution in [3.05, 3.63) is 65.7 Å². The van der Waals surface area contributed by atoms with Crippen LogP contribution < -0.4 is 10.1 Å². The van der Waals surface area contributed by atoms with Crippen molar-refractivity contribution >= 4 is 5.97 Å². The molecule has 0 heterocycles. The molecule has 0 unspecified atom stereocenters. The molecule has 0 aromatic heterocycles. The summed E-state index contributed by atoms with van der Waals surface area (Å²) in [5.41, 5.74) is 2.45. The van der Waals surface area contributed by atoms with Crippen LogP contribution in [0.5, 0.6) is 5.75 Å². The molecule has 4 nitrogen and oxygen atoms in total. The first-order valence-electron chi connectivity index (χ1n) is 7.92. The van der Waals surface area contributed by atoms with Crippen molar-refractivity contribution in [2.75, 3.05) is 19.7 Å². The molecular formula is C19H23NO3. The van der Waals surface area contributed by atoms with Crippen LogP contribution in [0, 0.1) is 0 Å². The van der Waals surface area contributed by atoms with Crippen molar-refractivity contribution in [3.63, 3.8) is 0 Å². The topological polar surface area (TPSA) is 58.6 Å². The highest BCUT2D eigenvalue weighted by molar-refractivity contribution is 5.66. The molecule has 2 rings (SSSR count). The van der Waals surface area contributed by atoms with Gasteiger partial charge in [-0.1, -0.05) is 42.5 Å². The first-order valence-corrected chi connectivity index (χ1v) is 7.92. The van der Waals surface area contributed by atoms with E-state index in [2.05, 4.69) is 23.5 Å². The van der Waals surface area contributed by atoms with Crippen LogP contribution in [-0.2, 0) is 17.6 Å². The molecule has 23 heavy (non-hydrogen) atoms. The highest BCUT2D eigenvalue weighted by atomic mass is 16.5. The van der Waals surface area contributed by atoms with Gasteiger partial charge in [-0.2, -0.15) is 0 Å². The van der Waals surface area contributed by atoms with Crippen molar-refractivity contribution in [3.8, 4) is 5.75 Å². The van der Waals surface area contributed by atoms with E-state index in [1.54, 1.807) is 0 Å². The Bertz CT molecular complexity index is 599. The maximum absolute atomic E-state index is 10.4. The van der Waals surface area contributed by atoms with Crippen LogP contribution in [0.15, 0.2) is 54.6 Å².